The fourth-order valence-electron chi connectivity index (χ4n) is 2.83. The quantitative estimate of drug-likeness (QED) is 0.657. The Labute approximate surface area is 123 Å². The molecule has 3 N–H and O–H groups in total. The first kappa shape index (κ1) is 13.8. The minimum Gasteiger partial charge on any atom is -0.371 e. The molecule has 0 bridgehead atoms. The third kappa shape index (κ3) is 2.94. The number of hydrogen-bond donors (Lipinski definition) is 2. The van der Waals surface area contributed by atoms with Gasteiger partial charge in [-0.3, -0.25) is 11.3 Å². The molecule has 0 spiro atoms. The van der Waals surface area contributed by atoms with E-state index < -0.39 is 0 Å². The van der Waals surface area contributed by atoms with Crippen LogP contribution in [0.2, 0.25) is 0 Å². The number of ether oxygens (including phenoxy) is 1. The molecule has 1 aliphatic rings. The summed E-state index contributed by atoms with van der Waals surface area (Å²) in [7, 11) is 0. The molecule has 2 unspecified atom stereocenters. The molecule has 0 aliphatic carbocycles. The van der Waals surface area contributed by atoms with Crippen molar-refractivity contribution in [1.82, 2.24) is 5.43 Å². The Hall–Kier alpha value is -1.20. The van der Waals surface area contributed by atoms with Gasteiger partial charge in [-0.25, -0.2) is 0 Å². The lowest BCUT2D eigenvalue weighted by molar-refractivity contribution is 0.0134. The van der Waals surface area contributed by atoms with Crippen LogP contribution in [0.5, 0.6) is 0 Å². The van der Waals surface area contributed by atoms with Gasteiger partial charge in [-0.1, -0.05) is 30.3 Å². The summed E-state index contributed by atoms with van der Waals surface area (Å²) >= 11 is 1.80. The van der Waals surface area contributed by atoms with Crippen LogP contribution in [0.1, 0.15) is 28.5 Å². The molecule has 0 saturated heterocycles. The second-order valence-corrected chi connectivity index (χ2v) is 6.16. The molecule has 1 aliphatic heterocycles. The summed E-state index contributed by atoms with van der Waals surface area (Å²) in [5.74, 6) is 5.77. The second-order valence-electron chi connectivity index (χ2n) is 5.13. The minimum absolute atomic E-state index is 0.0601. The zero-order chi connectivity index (χ0) is 13.8. The Morgan fingerprint density at radius 3 is 3.00 bits per heavy atom. The number of aryl methyl sites for hydroxylation is 1. The highest BCUT2D eigenvalue weighted by Gasteiger charge is 2.27. The van der Waals surface area contributed by atoms with E-state index in [9.17, 15) is 0 Å². The van der Waals surface area contributed by atoms with Gasteiger partial charge in [0, 0.05) is 4.88 Å². The van der Waals surface area contributed by atoms with E-state index in [0.717, 1.165) is 25.9 Å². The van der Waals surface area contributed by atoms with Crippen molar-refractivity contribution in [2.75, 3.05) is 6.61 Å². The molecule has 3 nitrogen and oxygen atoms in total. The molecule has 106 valence electrons. The lowest BCUT2D eigenvalue weighted by Crippen LogP contribution is -2.42. The molecule has 0 radical (unpaired) electrons. The lowest BCUT2D eigenvalue weighted by Gasteiger charge is -2.32. The SMILES string of the molecule is NNC(CCc1cccs1)C1OCCc2ccccc21. The van der Waals surface area contributed by atoms with Crippen molar-refractivity contribution in [2.24, 2.45) is 5.84 Å². The number of hydrogen-bond acceptors (Lipinski definition) is 4. The lowest BCUT2D eigenvalue weighted by atomic mass is 9.91. The van der Waals surface area contributed by atoms with Crippen molar-refractivity contribution < 1.29 is 4.74 Å². The zero-order valence-electron chi connectivity index (χ0n) is 11.4. The van der Waals surface area contributed by atoms with Crippen LogP contribution in [0, 0.1) is 0 Å². The normalized spacial score (nSPS) is 19.6. The molecule has 0 saturated carbocycles. The Bertz CT molecular complexity index is 541. The number of fused-ring (bicyclic) bond motifs is 1. The molecule has 2 aromatic rings. The minimum atomic E-state index is 0.0601. The van der Waals surface area contributed by atoms with Crippen molar-refractivity contribution >= 4 is 11.3 Å². The smallest absolute Gasteiger partial charge is 0.0994 e. The van der Waals surface area contributed by atoms with Crippen LogP contribution in [-0.2, 0) is 17.6 Å². The predicted octanol–water partition coefficient (Wildman–Crippen LogP) is 2.83. The summed E-state index contributed by atoms with van der Waals surface area (Å²) in [6, 6.07) is 12.9. The van der Waals surface area contributed by atoms with Gasteiger partial charge in [-0.15, -0.1) is 11.3 Å². The number of hydrazine groups is 1. The molecular formula is C16H20N2OS. The van der Waals surface area contributed by atoms with Gasteiger partial charge < -0.3 is 4.74 Å². The van der Waals surface area contributed by atoms with Crippen LogP contribution in [-0.4, -0.2) is 12.6 Å². The predicted molar refractivity (Wildman–Crippen MR) is 82.6 cm³/mol. The first-order valence-corrected chi connectivity index (χ1v) is 7.94. The van der Waals surface area contributed by atoms with Crippen LogP contribution in [0.15, 0.2) is 41.8 Å². The molecule has 4 heteroatoms. The number of nitrogens with two attached hydrogens (primary N) is 1. The van der Waals surface area contributed by atoms with Gasteiger partial charge in [-0.2, -0.15) is 0 Å². The van der Waals surface area contributed by atoms with Crippen LogP contribution >= 0.6 is 11.3 Å². The number of nitrogens with one attached hydrogen (secondary N) is 1. The average molecular weight is 288 g/mol. The standard InChI is InChI=1S/C16H20N2OS/c17-18-15(8-7-13-5-3-11-20-13)16-14-6-2-1-4-12(14)9-10-19-16/h1-6,11,15-16,18H,7-10,17H2. The fraction of sp³-hybridized carbons (Fsp3) is 0.375. The topological polar surface area (TPSA) is 47.3 Å². The van der Waals surface area contributed by atoms with E-state index >= 15 is 0 Å². The molecule has 20 heavy (non-hydrogen) atoms. The zero-order valence-corrected chi connectivity index (χ0v) is 12.2. The van der Waals surface area contributed by atoms with Crippen molar-refractivity contribution in [2.45, 2.75) is 31.4 Å². The van der Waals surface area contributed by atoms with Crippen LogP contribution < -0.4 is 11.3 Å². The molecular weight excluding hydrogens is 268 g/mol. The molecule has 1 aromatic carbocycles. The molecule has 0 amide bonds. The summed E-state index contributed by atoms with van der Waals surface area (Å²) in [4.78, 5) is 1.40. The van der Waals surface area contributed by atoms with Crippen LogP contribution in [0.25, 0.3) is 0 Å². The van der Waals surface area contributed by atoms with E-state index in [-0.39, 0.29) is 12.1 Å². The Kier molecular flexibility index (Phi) is 4.47. The molecule has 2 heterocycles. The summed E-state index contributed by atoms with van der Waals surface area (Å²) in [6.07, 6.45) is 3.07. The Balaban J connectivity index is 1.73. The van der Waals surface area contributed by atoms with Gasteiger partial charge in [0.15, 0.2) is 0 Å². The van der Waals surface area contributed by atoms with Gasteiger partial charge >= 0.3 is 0 Å². The molecule has 1 aromatic heterocycles. The number of benzene rings is 1. The fourth-order valence-corrected chi connectivity index (χ4v) is 3.56. The van der Waals surface area contributed by atoms with Crippen molar-refractivity contribution in [3.05, 3.63) is 57.8 Å². The third-order valence-electron chi connectivity index (χ3n) is 3.89. The van der Waals surface area contributed by atoms with Crippen LogP contribution in [0.4, 0.5) is 0 Å². The van der Waals surface area contributed by atoms with Gasteiger partial charge in [0.05, 0.1) is 18.8 Å². The van der Waals surface area contributed by atoms with E-state index in [2.05, 4.69) is 47.2 Å². The number of rotatable bonds is 5. The van der Waals surface area contributed by atoms with Gasteiger partial charge in [-0.05, 0) is 41.8 Å². The van der Waals surface area contributed by atoms with E-state index in [1.807, 2.05) is 0 Å². The van der Waals surface area contributed by atoms with E-state index in [0.29, 0.717) is 0 Å². The van der Waals surface area contributed by atoms with E-state index in [4.69, 9.17) is 10.6 Å². The molecule has 3 rings (SSSR count). The van der Waals surface area contributed by atoms with Gasteiger partial charge in [0.25, 0.3) is 0 Å². The highest BCUT2D eigenvalue weighted by molar-refractivity contribution is 7.09. The molecule has 0 fully saturated rings. The maximum atomic E-state index is 5.99. The summed E-state index contributed by atoms with van der Waals surface area (Å²) < 4.78 is 5.99. The third-order valence-corrected chi connectivity index (χ3v) is 4.83. The Morgan fingerprint density at radius 1 is 1.30 bits per heavy atom. The largest absolute Gasteiger partial charge is 0.371 e. The Morgan fingerprint density at radius 2 is 2.20 bits per heavy atom. The van der Waals surface area contributed by atoms with E-state index in [1.54, 1.807) is 11.3 Å². The summed E-state index contributed by atoms with van der Waals surface area (Å²) in [6.45, 7) is 0.777. The maximum absolute atomic E-state index is 5.99. The second kappa shape index (κ2) is 6.50. The van der Waals surface area contributed by atoms with Crippen LogP contribution in [0.3, 0.4) is 0 Å². The summed E-state index contributed by atoms with van der Waals surface area (Å²) in [5, 5.41) is 2.12. The number of thiophene rings is 1. The van der Waals surface area contributed by atoms with Gasteiger partial charge in [0.2, 0.25) is 0 Å². The highest BCUT2D eigenvalue weighted by atomic mass is 32.1. The maximum Gasteiger partial charge on any atom is 0.0994 e. The van der Waals surface area contributed by atoms with Crippen molar-refractivity contribution in [3.8, 4) is 0 Å². The monoisotopic (exact) mass is 288 g/mol. The summed E-state index contributed by atoms with van der Waals surface area (Å²) in [5.41, 5.74) is 5.63. The van der Waals surface area contributed by atoms with Gasteiger partial charge in [0.1, 0.15) is 0 Å². The van der Waals surface area contributed by atoms with Crippen molar-refractivity contribution in [1.29, 1.82) is 0 Å². The van der Waals surface area contributed by atoms with Crippen molar-refractivity contribution in [3.63, 3.8) is 0 Å². The highest BCUT2D eigenvalue weighted by Crippen LogP contribution is 2.31. The first-order chi connectivity index (χ1) is 9.88. The average Bonchev–Trinajstić information content (AvgIpc) is 3.01. The van der Waals surface area contributed by atoms with E-state index in [1.165, 1.54) is 16.0 Å². The molecule has 2 atom stereocenters. The first-order valence-electron chi connectivity index (χ1n) is 7.06.